The molecule has 0 bridgehead atoms. The molecule has 12 heteroatoms. The first-order chi connectivity index (χ1) is 12.0. The van der Waals surface area contributed by atoms with Crippen LogP contribution < -0.4 is 11.5 Å². The van der Waals surface area contributed by atoms with Crippen LogP contribution in [-0.4, -0.2) is 115 Å². The number of rotatable bonds is 4. The smallest absolute Gasteiger partial charge is 0.223 e. The average Bonchev–Trinajstić information content (AvgIpc) is 2.61. The number of carbonyl (C=O) groups excluding carboxylic acids is 1. The lowest BCUT2D eigenvalue weighted by molar-refractivity contribution is -0.384. The van der Waals surface area contributed by atoms with E-state index >= 15 is 0 Å². The van der Waals surface area contributed by atoms with Gasteiger partial charge in [0.15, 0.2) is 11.3 Å². The lowest BCUT2D eigenvalue weighted by Gasteiger charge is -2.57. The van der Waals surface area contributed by atoms with Crippen molar-refractivity contribution in [3.8, 4) is 0 Å². The zero-order chi connectivity index (χ0) is 20.0. The van der Waals surface area contributed by atoms with Crippen LogP contribution in [0.25, 0.3) is 0 Å². The van der Waals surface area contributed by atoms with Gasteiger partial charge >= 0.3 is 0 Å². The molecular weight excluding hydrogens is 356 g/mol. The van der Waals surface area contributed by atoms with Crippen LogP contribution in [0.5, 0.6) is 0 Å². The van der Waals surface area contributed by atoms with Gasteiger partial charge in [-0.25, -0.2) is 0 Å². The summed E-state index contributed by atoms with van der Waals surface area (Å²) < 4.78 is 10.6. The number of ether oxygens (including phenoxy) is 2. The molecule has 2 fully saturated rings. The number of hydrogen-bond acceptors (Lipinski definition) is 12. The molecule has 0 amide bonds. The molecule has 0 radical (unpaired) electrons. The number of aliphatic hydroxyl groups excluding tert-OH is 6. The van der Waals surface area contributed by atoms with E-state index in [2.05, 4.69) is 0 Å². The minimum absolute atomic E-state index is 0.774. The van der Waals surface area contributed by atoms with E-state index in [9.17, 15) is 40.5 Å². The summed E-state index contributed by atoms with van der Waals surface area (Å²) in [7, 11) is 0. The summed E-state index contributed by atoms with van der Waals surface area (Å²) in [6.45, 7) is -0.707. The lowest BCUT2D eigenvalue weighted by atomic mass is 9.70. The maximum atomic E-state index is 12.2. The Balaban J connectivity index is 2.55. The van der Waals surface area contributed by atoms with Crippen LogP contribution in [0.15, 0.2) is 0 Å². The monoisotopic (exact) mass is 382 g/mol. The lowest BCUT2D eigenvalue weighted by Crippen LogP contribution is -2.85. The Morgan fingerprint density at radius 2 is 1.58 bits per heavy atom. The Kier molecular flexibility index (Phi) is 6.07. The minimum atomic E-state index is -2.90. The fourth-order valence-corrected chi connectivity index (χ4v) is 3.48. The minimum Gasteiger partial charge on any atom is -0.394 e. The zero-order valence-corrected chi connectivity index (χ0v) is 14.0. The van der Waals surface area contributed by atoms with Crippen molar-refractivity contribution in [2.75, 3.05) is 13.2 Å². The van der Waals surface area contributed by atoms with Crippen molar-refractivity contribution in [3.63, 3.8) is 0 Å². The molecular formula is C14H26N2O10. The first-order valence-electron chi connectivity index (χ1n) is 8.02. The van der Waals surface area contributed by atoms with E-state index in [-0.39, 0.29) is 0 Å². The van der Waals surface area contributed by atoms with Crippen LogP contribution in [0.2, 0.25) is 0 Å². The molecule has 10 atom stereocenters. The summed E-state index contributed by atoms with van der Waals surface area (Å²) in [5, 5.41) is 70.1. The largest absolute Gasteiger partial charge is 0.394 e. The highest BCUT2D eigenvalue weighted by Gasteiger charge is 2.70. The number of aliphatic hydroxyl groups is 7. The summed E-state index contributed by atoms with van der Waals surface area (Å²) in [6.07, 6.45) is -12.0. The van der Waals surface area contributed by atoms with E-state index in [1.165, 1.54) is 0 Å². The Morgan fingerprint density at radius 1 is 1.04 bits per heavy atom. The topological polar surface area (TPSA) is 229 Å². The van der Waals surface area contributed by atoms with E-state index in [1.807, 2.05) is 0 Å². The highest BCUT2D eigenvalue weighted by Crippen LogP contribution is 2.42. The fourth-order valence-electron chi connectivity index (χ4n) is 3.48. The van der Waals surface area contributed by atoms with Gasteiger partial charge in [0.2, 0.25) is 5.79 Å². The molecule has 2 aliphatic rings. The van der Waals surface area contributed by atoms with Gasteiger partial charge in [-0.2, -0.15) is 0 Å². The molecule has 2 rings (SSSR count). The van der Waals surface area contributed by atoms with Crippen molar-refractivity contribution in [1.82, 2.24) is 0 Å². The highest BCUT2D eigenvalue weighted by molar-refractivity contribution is 5.88. The van der Waals surface area contributed by atoms with Gasteiger partial charge in [0.05, 0.1) is 19.3 Å². The zero-order valence-electron chi connectivity index (χ0n) is 14.0. The summed E-state index contributed by atoms with van der Waals surface area (Å²) in [6, 6.07) is -1.55. The molecule has 2 saturated heterocycles. The second-order valence-electron chi connectivity index (χ2n) is 6.73. The van der Waals surface area contributed by atoms with Crippen LogP contribution in [0.3, 0.4) is 0 Å². The highest BCUT2D eigenvalue weighted by atomic mass is 16.7. The van der Waals surface area contributed by atoms with Crippen molar-refractivity contribution >= 4 is 5.78 Å². The van der Waals surface area contributed by atoms with Crippen LogP contribution in [-0.2, 0) is 14.3 Å². The molecule has 0 saturated carbocycles. The third-order valence-corrected chi connectivity index (χ3v) is 5.22. The van der Waals surface area contributed by atoms with Gasteiger partial charge in [0, 0.05) is 0 Å². The summed E-state index contributed by atoms with van der Waals surface area (Å²) >= 11 is 0. The number of carbonyl (C=O) groups is 1. The molecule has 2 aliphatic heterocycles. The molecule has 2 unspecified atom stereocenters. The molecule has 12 nitrogen and oxygen atoms in total. The van der Waals surface area contributed by atoms with Gasteiger partial charge in [0.25, 0.3) is 0 Å². The second kappa shape index (κ2) is 7.33. The average molecular weight is 382 g/mol. The van der Waals surface area contributed by atoms with E-state index in [0.717, 1.165) is 6.92 Å². The normalized spacial score (nSPS) is 52.7. The fraction of sp³-hybridized carbons (Fsp3) is 0.929. The van der Waals surface area contributed by atoms with Crippen molar-refractivity contribution in [3.05, 3.63) is 0 Å². The molecule has 11 N–H and O–H groups in total. The van der Waals surface area contributed by atoms with Gasteiger partial charge in [-0.1, -0.05) is 0 Å². The van der Waals surface area contributed by atoms with E-state index in [4.69, 9.17) is 20.9 Å². The van der Waals surface area contributed by atoms with Crippen molar-refractivity contribution in [2.45, 2.75) is 67.0 Å². The summed E-state index contributed by atoms with van der Waals surface area (Å²) in [5.41, 5.74) is 9.09. The van der Waals surface area contributed by atoms with Gasteiger partial charge in [-0.15, -0.1) is 0 Å². The van der Waals surface area contributed by atoms with Crippen LogP contribution in [0, 0.1) is 0 Å². The molecule has 152 valence electrons. The first kappa shape index (κ1) is 21.5. The van der Waals surface area contributed by atoms with Crippen molar-refractivity contribution < 1.29 is 50.0 Å². The SMILES string of the molecule is CC(=O)[C@@]1(N)[C@@H](O)[C@H](O)[C@@H](CO)OC1(O)C1O[C@H](CO)[C@@H](O)[C@H](O)[C@H]1N. The molecule has 2 heterocycles. The summed E-state index contributed by atoms with van der Waals surface area (Å²) in [5.74, 6) is -3.90. The van der Waals surface area contributed by atoms with Crippen molar-refractivity contribution in [2.24, 2.45) is 11.5 Å². The second-order valence-corrected chi connectivity index (χ2v) is 6.73. The third-order valence-electron chi connectivity index (χ3n) is 5.22. The van der Waals surface area contributed by atoms with Gasteiger partial charge in [0.1, 0.15) is 42.7 Å². The molecule has 0 aromatic carbocycles. The van der Waals surface area contributed by atoms with E-state index < -0.39 is 79.1 Å². The standard InChI is InChI=1S/C14H26N2O10/c1-4(19)13(16)11(23)9(21)6(3-18)26-14(13,24)12-7(15)10(22)8(20)5(2-17)25-12/h5-12,17-18,20-24H,2-3,15-16H2,1H3/t5-,6-,7-,8-,9-,10-,11+,12?,13-,14?/m1/s1. The first-order valence-corrected chi connectivity index (χ1v) is 8.02. The maximum absolute atomic E-state index is 12.2. The maximum Gasteiger partial charge on any atom is 0.223 e. The van der Waals surface area contributed by atoms with Gasteiger partial charge < -0.3 is 56.7 Å². The number of Topliss-reactive ketones (excluding diaryl/α,β-unsaturated/α-hetero) is 1. The van der Waals surface area contributed by atoms with E-state index in [0.29, 0.717) is 0 Å². The predicted molar refractivity (Wildman–Crippen MR) is 82.3 cm³/mol. The van der Waals surface area contributed by atoms with E-state index in [1.54, 1.807) is 0 Å². The molecule has 0 aliphatic carbocycles. The van der Waals surface area contributed by atoms with Crippen LogP contribution >= 0.6 is 0 Å². The van der Waals surface area contributed by atoms with Gasteiger partial charge in [-0.05, 0) is 6.92 Å². The molecule has 26 heavy (non-hydrogen) atoms. The molecule has 0 spiro atoms. The molecule has 0 aromatic heterocycles. The number of nitrogens with two attached hydrogens (primary N) is 2. The Bertz CT molecular complexity index is 536. The van der Waals surface area contributed by atoms with Crippen molar-refractivity contribution in [1.29, 1.82) is 0 Å². The Morgan fingerprint density at radius 3 is 2.04 bits per heavy atom. The number of hydrogen-bond donors (Lipinski definition) is 9. The Labute approximate surface area is 148 Å². The number of ketones is 1. The van der Waals surface area contributed by atoms with Gasteiger partial charge in [-0.3, -0.25) is 4.79 Å². The predicted octanol–water partition coefficient (Wildman–Crippen LogP) is -6.12. The van der Waals surface area contributed by atoms with Crippen LogP contribution in [0.4, 0.5) is 0 Å². The summed E-state index contributed by atoms with van der Waals surface area (Å²) in [4.78, 5) is 12.2. The quantitative estimate of drug-likeness (QED) is 0.221. The third kappa shape index (κ3) is 2.87. The molecule has 0 aromatic rings. The van der Waals surface area contributed by atoms with Crippen LogP contribution in [0.1, 0.15) is 6.92 Å². The Hall–Kier alpha value is -0.770.